The van der Waals surface area contributed by atoms with Crippen LogP contribution in [0.5, 0.6) is 0 Å². The molecule has 0 amide bonds. The minimum absolute atomic E-state index is 0.194. The van der Waals surface area contributed by atoms with E-state index in [0.717, 1.165) is 31.5 Å². The van der Waals surface area contributed by atoms with Gasteiger partial charge in [-0.15, -0.1) is 4.40 Å². The van der Waals surface area contributed by atoms with Crippen molar-refractivity contribution in [2.75, 3.05) is 19.7 Å². The van der Waals surface area contributed by atoms with Gasteiger partial charge in [0.15, 0.2) is 0 Å². The Morgan fingerprint density at radius 3 is 2.40 bits per heavy atom. The van der Waals surface area contributed by atoms with Crippen molar-refractivity contribution in [1.29, 1.82) is 0 Å². The lowest BCUT2D eigenvalue weighted by atomic mass is 10.2. The normalized spacial score (nSPS) is 16.5. The first-order valence-electron chi connectivity index (χ1n) is 6.82. The van der Waals surface area contributed by atoms with Crippen molar-refractivity contribution < 1.29 is 13.2 Å². The molecule has 20 heavy (non-hydrogen) atoms. The molecule has 0 bridgehead atoms. The van der Waals surface area contributed by atoms with Crippen molar-refractivity contribution in [3.8, 4) is 0 Å². The lowest BCUT2D eigenvalue weighted by Crippen LogP contribution is -2.31. The van der Waals surface area contributed by atoms with Gasteiger partial charge < -0.3 is 9.64 Å². The highest BCUT2D eigenvalue weighted by atomic mass is 32.2. The standard InChI is InChI=1S/C14H20N2O3S/c1-3-19-14(16-10-4-5-11-16)15-20(17,18)13-8-6-12(2)7-9-13/h6-9H,3-5,10-11H2,1-2H3. The average molecular weight is 296 g/mol. The molecule has 0 unspecified atom stereocenters. The van der Waals surface area contributed by atoms with Gasteiger partial charge in [-0.05, 0) is 38.8 Å². The molecule has 1 aliphatic heterocycles. The summed E-state index contributed by atoms with van der Waals surface area (Å²) in [6.07, 6.45) is 2.08. The first-order chi connectivity index (χ1) is 9.53. The number of hydrogen-bond donors (Lipinski definition) is 0. The smallest absolute Gasteiger partial charge is 0.303 e. The van der Waals surface area contributed by atoms with Crippen molar-refractivity contribution >= 4 is 16.0 Å². The van der Waals surface area contributed by atoms with Crippen LogP contribution in [0.2, 0.25) is 0 Å². The molecule has 1 aromatic carbocycles. The number of aryl methyl sites for hydroxylation is 1. The van der Waals surface area contributed by atoms with E-state index in [1.807, 2.05) is 18.7 Å². The van der Waals surface area contributed by atoms with Crippen molar-refractivity contribution in [1.82, 2.24) is 4.90 Å². The fourth-order valence-corrected chi connectivity index (χ4v) is 3.04. The van der Waals surface area contributed by atoms with Crippen molar-refractivity contribution in [2.45, 2.75) is 31.6 Å². The Bertz CT molecular complexity index is 573. The molecule has 5 nitrogen and oxygen atoms in total. The lowest BCUT2D eigenvalue weighted by Gasteiger charge is -2.18. The number of ether oxygens (including phenoxy) is 1. The maximum absolute atomic E-state index is 12.3. The summed E-state index contributed by atoms with van der Waals surface area (Å²) < 4.78 is 33.9. The first kappa shape index (κ1) is 14.8. The van der Waals surface area contributed by atoms with Crippen molar-refractivity contribution in [2.24, 2.45) is 4.40 Å². The molecule has 1 aromatic rings. The quantitative estimate of drug-likeness (QED) is 0.633. The largest absolute Gasteiger partial charge is 0.465 e. The molecule has 1 aliphatic rings. The topological polar surface area (TPSA) is 59.0 Å². The fraction of sp³-hybridized carbons (Fsp3) is 0.500. The fourth-order valence-electron chi connectivity index (χ4n) is 2.08. The molecule has 0 aliphatic carbocycles. The Hall–Kier alpha value is -1.56. The molecule has 110 valence electrons. The van der Waals surface area contributed by atoms with Gasteiger partial charge in [0, 0.05) is 13.1 Å². The average Bonchev–Trinajstić information content (AvgIpc) is 2.92. The van der Waals surface area contributed by atoms with E-state index in [1.165, 1.54) is 0 Å². The molecular weight excluding hydrogens is 276 g/mol. The molecular formula is C14H20N2O3S. The van der Waals surface area contributed by atoms with Crippen LogP contribution in [0, 0.1) is 6.92 Å². The zero-order valence-electron chi connectivity index (χ0n) is 11.9. The second-order valence-electron chi connectivity index (χ2n) is 4.79. The van der Waals surface area contributed by atoms with E-state index in [9.17, 15) is 8.42 Å². The third-order valence-electron chi connectivity index (χ3n) is 3.17. The summed E-state index contributed by atoms with van der Waals surface area (Å²) in [4.78, 5) is 2.08. The van der Waals surface area contributed by atoms with Gasteiger partial charge in [0.1, 0.15) is 0 Å². The predicted molar refractivity (Wildman–Crippen MR) is 78.2 cm³/mol. The Labute approximate surface area is 120 Å². The number of amidine groups is 1. The third-order valence-corrected chi connectivity index (χ3v) is 4.43. The highest BCUT2D eigenvalue weighted by Crippen LogP contribution is 2.16. The molecule has 0 aromatic heterocycles. The summed E-state index contributed by atoms with van der Waals surface area (Å²) in [5.74, 6) is 0. The molecule has 0 radical (unpaired) electrons. The summed E-state index contributed by atoms with van der Waals surface area (Å²) in [5.41, 5.74) is 1.01. The molecule has 1 fully saturated rings. The maximum Gasteiger partial charge on any atom is 0.303 e. The van der Waals surface area contributed by atoms with Gasteiger partial charge in [0.05, 0.1) is 11.5 Å². The highest BCUT2D eigenvalue weighted by molar-refractivity contribution is 7.90. The van der Waals surface area contributed by atoms with Gasteiger partial charge in [-0.25, -0.2) is 0 Å². The highest BCUT2D eigenvalue weighted by Gasteiger charge is 2.22. The molecule has 1 saturated heterocycles. The van der Waals surface area contributed by atoms with Gasteiger partial charge in [0.25, 0.3) is 10.0 Å². The van der Waals surface area contributed by atoms with E-state index in [2.05, 4.69) is 4.40 Å². The molecule has 0 spiro atoms. The summed E-state index contributed by atoms with van der Waals surface area (Å²) in [7, 11) is -3.71. The Kier molecular flexibility index (Phi) is 4.65. The number of hydrogen-bond acceptors (Lipinski definition) is 3. The second-order valence-corrected chi connectivity index (χ2v) is 6.39. The predicted octanol–water partition coefficient (Wildman–Crippen LogP) is 2.17. The SMILES string of the molecule is CCOC(=NS(=O)(=O)c1ccc(C)cc1)N1CCCC1. The van der Waals surface area contributed by atoms with Gasteiger partial charge in [0.2, 0.25) is 0 Å². The van der Waals surface area contributed by atoms with Crippen LogP contribution in [0.4, 0.5) is 0 Å². The molecule has 0 saturated carbocycles. The van der Waals surface area contributed by atoms with E-state index < -0.39 is 10.0 Å². The van der Waals surface area contributed by atoms with Crippen LogP contribution < -0.4 is 0 Å². The van der Waals surface area contributed by atoms with Crippen LogP contribution in [0.3, 0.4) is 0 Å². The van der Waals surface area contributed by atoms with E-state index in [4.69, 9.17) is 4.74 Å². The summed E-state index contributed by atoms with van der Waals surface area (Å²) >= 11 is 0. The maximum atomic E-state index is 12.3. The monoisotopic (exact) mass is 296 g/mol. The molecule has 1 heterocycles. The van der Waals surface area contributed by atoms with Gasteiger partial charge in [-0.2, -0.15) is 8.42 Å². The van der Waals surface area contributed by atoms with Crippen LogP contribution in [0.1, 0.15) is 25.3 Å². The van der Waals surface area contributed by atoms with E-state index in [1.54, 1.807) is 24.3 Å². The van der Waals surface area contributed by atoms with E-state index >= 15 is 0 Å². The minimum Gasteiger partial charge on any atom is -0.465 e. The van der Waals surface area contributed by atoms with Crippen LogP contribution in [-0.2, 0) is 14.8 Å². The van der Waals surface area contributed by atoms with Crippen LogP contribution in [-0.4, -0.2) is 39.0 Å². The zero-order valence-corrected chi connectivity index (χ0v) is 12.7. The summed E-state index contributed by atoms with van der Waals surface area (Å²) in [6.45, 7) is 5.73. The van der Waals surface area contributed by atoms with Crippen LogP contribution >= 0.6 is 0 Å². The zero-order chi connectivity index (χ0) is 14.6. The molecule has 6 heteroatoms. The van der Waals surface area contributed by atoms with Gasteiger partial charge in [-0.3, -0.25) is 0 Å². The minimum atomic E-state index is -3.71. The third kappa shape index (κ3) is 3.50. The second kappa shape index (κ2) is 6.26. The summed E-state index contributed by atoms with van der Waals surface area (Å²) in [5, 5.41) is 0. The molecule has 0 atom stereocenters. The number of benzene rings is 1. The number of likely N-dealkylation sites (tertiary alicyclic amines) is 1. The summed E-state index contributed by atoms with van der Waals surface area (Å²) in [6, 6.07) is 6.88. The Balaban J connectivity index is 2.30. The van der Waals surface area contributed by atoms with Crippen molar-refractivity contribution in [3.63, 3.8) is 0 Å². The number of rotatable bonds is 3. The Morgan fingerprint density at radius 1 is 1.25 bits per heavy atom. The van der Waals surface area contributed by atoms with Crippen LogP contribution in [0.15, 0.2) is 33.6 Å². The van der Waals surface area contributed by atoms with Gasteiger partial charge >= 0.3 is 6.02 Å². The number of sulfonamides is 1. The van der Waals surface area contributed by atoms with Crippen molar-refractivity contribution in [3.05, 3.63) is 29.8 Å². The van der Waals surface area contributed by atoms with E-state index in [-0.39, 0.29) is 10.9 Å². The Morgan fingerprint density at radius 2 is 1.85 bits per heavy atom. The number of nitrogens with zero attached hydrogens (tertiary/aromatic N) is 2. The molecule has 2 rings (SSSR count). The molecule has 0 N–H and O–H groups in total. The van der Waals surface area contributed by atoms with Crippen LogP contribution in [0.25, 0.3) is 0 Å². The van der Waals surface area contributed by atoms with E-state index in [0.29, 0.717) is 6.61 Å². The first-order valence-corrected chi connectivity index (χ1v) is 8.26. The lowest BCUT2D eigenvalue weighted by molar-refractivity contribution is 0.262. The van der Waals surface area contributed by atoms with Gasteiger partial charge in [-0.1, -0.05) is 17.7 Å².